The van der Waals surface area contributed by atoms with E-state index >= 15 is 0 Å². The lowest BCUT2D eigenvalue weighted by Crippen LogP contribution is -2.28. The van der Waals surface area contributed by atoms with Crippen LogP contribution >= 0.6 is 0 Å². The third-order valence-electron chi connectivity index (χ3n) is 4.99. The van der Waals surface area contributed by atoms with Gasteiger partial charge >= 0.3 is 0 Å². The Bertz CT molecular complexity index is 1180. The van der Waals surface area contributed by atoms with E-state index in [9.17, 15) is 18.0 Å². The SMILES string of the molecule is Cc1cc(C)nc(NS(=O)(=O)c2ccc(NCN3CC4=C(C3)C(=O)C=CC4=O)cc2)n1. The Morgan fingerprint density at radius 3 is 2.03 bits per heavy atom. The van der Waals surface area contributed by atoms with Crippen molar-refractivity contribution in [3.8, 4) is 0 Å². The van der Waals surface area contributed by atoms with E-state index < -0.39 is 10.0 Å². The van der Waals surface area contributed by atoms with Crippen LogP contribution in [0.4, 0.5) is 11.6 Å². The van der Waals surface area contributed by atoms with Crippen molar-refractivity contribution in [3.63, 3.8) is 0 Å². The van der Waals surface area contributed by atoms with Crippen LogP contribution in [0.2, 0.25) is 0 Å². The van der Waals surface area contributed by atoms with Gasteiger partial charge in [-0.25, -0.2) is 23.1 Å². The van der Waals surface area contributed by atoms with E-state index in [0.29, 0.717) is 48.0 Å². The second kappa shape index (κ2) is 8.05. The molecule has 2 aliphatic rings. The van der Waals surface area contributed by atoms with E-state index in [0.717, 1.165) is 0 Å². The fraction of sp³-hybridized carbons (Fsp3) is 0.238. The zero-order valence-electron chi connectivity index (χ0n) is 17.0. The fourth-order valence-corrected chi connectivity index (χ4v) is 4.46. The maximum Gasteiger partial charge on any atom is 0.264 e. The number of allylic oxidation sites excluding steroid dienone is 2. The lowest BCUT2D eigenvalue weighted by atomic mass is 9.98. The number of hydrogen-bond donors (Lipinski definition) is 2. The van der Waals surface area contributed by atoms with Gasteiger partial charge in [-0.3, -0.25) is 14.5 Å². The van der Waals surface area contributed by atoms with Crippen LogP contribution < -0.4 is 10.0 Å². The summed E-state index contributed by atoms with van der Waals surface area (Å²) in [7, 11) is -3.82. The molecule has 160 valence electrons. The summed E-state index contributed by atoms with van der Waals surface area (Å²) in [5, 5.41) is 3.19. The Hall–Kier alpha value is -3.37. The highest BCUT2D eigenvalue weighted by Gasteiger charge is 2.30. The second-order valence-corrected chi connectivity index (χ2v) is 9.13. The number of nitrogens with one attached hydrogen (secondary N) is 2. The molecule has 0 spiro atoms. The minimum atomic E-state index is -3.82. The van der Waals surface area contributed by atoms with Gasteiger partial charge in [0.05, 0.1) is 11.6 Å². The van der Waals surface area contributed by atoms with Crippen LogP contribution in [0.25, 0.3) is 0 Å². The van der Waals surface area contributed by atoms with E-state index in [1.807, 2.05) is 4.90 Å². The van der Waals surface area contributed by atoms with Crippen molar-refractivity contribution in [1.29, 1.82) is 0 Å². The molecule has 1 aliphatic carbocycles. The van der Waals surface area contributed by atoms with E-state index in [1.54, 1.807) is 32.0 Å². The van der Waals surface area contributed by atoms with Gasteiger partial charge in [0.25, 0.3) is 10.0 Å². The van der Waals surface area contributed by atoms with Crippen molar-refractivity contribution in [2.45, 2.75) is 18.7 Å². The Kier molecular flexibility index (Phi) is 5.42. The molecule has 31 heavy (non-hydrogen) atoms. The number of aromatic nitrogens is 2. The number of rotatable bonds is 6. The van der Waals surface area contributed by atoms with Gasteiger partial charge in [0, 0.05) is 41.3 Å². The first kappa shape index (κ1) is 20.9. The predicted octanol–water partition coefficient (Wildman–Crippen LogP) is 1.58. The molecule has 0 bridgehead atoms. The first-order chi connectivity index (χ1) is 14.7. The molecule has 0 radical (unpaired) electrons. The van der Waals surface area contributed by atoms with Crippen molar-refractivity contribution in [3.05, 3.63) is 65.0 Å². The Labute approximate surface area is 179 Å². The summed E-state index contributed by atoms with van der Waals surface area (Å²) < 4.78 is 27.6. The van der Waals surface area contributed by atoms with Crippen molar-refractivity contribution in [1.82, 2.24) is 14.9 Å². The van der Waals surface area contributed by atoms with Crippen LogP contribution in [0.1, 0.15) is 11.4 Å². The number of benzene rings is 1. The highest BCUT2D eigenvalue weighted by molar-refractivity contribution is 7.92. The number of anilines is 2. The maximum absolute atomic E-state index is 12.6. The van der Waals surface area contributed by atoms with Crippen LogP contribution in [-0.4, -0.2) is 54.6 Å². The smallest absolute Gasteiger partial charge is 0.264 e. The highest BCUT2D eigenvalue weighted by atomic mass is 32.2. The summed E-state index contributed by atoms with van der Waals surface area (Å²) in [4.78, 5) is 34.1. The van der Waals surface area contributed by atoms with E-state index in [1.165, 1.54) is 24.3 Å². The minimum Gasteiger partial charge on any atom is -0.372 e. The summed E-state index contributed by atoms with van der Waals surface area (Å²) >= 11 is 0. The first-order valence-electron chi connectivity index (χ1n) is 9.61. The highest BCUT2D eigenvalue weighted by Crippen LogP contribution is 2.23. The van der Waals surface area contributed by atoms with Gasteiger partial charge in [-0.2, -0.15) is 0 Å². The number of hydrogen-bond acceptors (Lipinski definition) is 8. The Balaban J connectivity index is 1.37. The predicted molar refractivity (Wildman–Crippen MR) is 115 cm³/mol. The van der Waals surface area contributed by atoms with E-state index in [2.05, 4.69) is 20.0 Å². The topological polar surface area (TPSA) is 121 Å². The molecule has 4 rings (SSSR count). The first-order valence-corrected chi connectivity index (χ1v) is 11.1. The molecular weight excluding hydrogens is 418 g/mol. The molecule has 0 atom stereocenters. The molecule has 1 aromatic heterocycles. The molecule has 1 aromatic carbocycles. The zero-order chi connectivity index (χ0) is 22.2. The van der Waals surface area contributed by atoms with Crippen LogP contribution in [0, 0.1) is 13.8 Å². The number of aryl methyl sites for hydroxylation is 2. The third-order valence-corrected chi connectivity index (χ3v) is 6.33. The van der Waals surface area contributed by atoms with Gasteiger partial charge in [-0.1, -0.05) is 0 Å². The van der Waals surface area contributed by atoms with Gasteiger partial charge in [-0.05, 0) is 56.3 Å². The molecule has 0 saturated heterocycles. The van der Waals surface area contributed by atoms with Gasteiger partial charge in [0.1, 0.15) is 0 Å². The number of carbonyl (C=O) groups excluding carboxylic acids is 2. The second-order valence-electron chi connectivity index (χ2n) is 7.45. The number of ketones is 2. The van der Waals surface area contributed by atoms with Crippen LogP contribution in [0.5, 0.6) is 0 Å². The molecule has 0 unspecified atom stereocenters. The van der Waals surface area contributed by atoms with Crippen LogP contribution in [-0.2, 0) is 19.6 Å². The fourth-order valence-electron chi connectivity index (χ4n) is 3.52. The maximum atomic E-state index is 12.6. The largest absolute Gasteiger partial charge is 0.372 e. The van der Waals surface area contributed by atoms with Gasteiger partial charge in [0.15, 0.2) is 11.6 Å². The lowest BCUT2D eigenvalue weighted by Gasteiger charge is -2.17. The summed E-state index contributed by atoms with van der Waals surface area (Å²) in [6, 6.07) is 8.03. The standard InChI is InChI=1S/C21H21N5O4S/c1-13-9-14(2)24-21(23-13)25-31(29,30)16-5-3-15(4-6-16)22-12-26-10-17-18(11-26)20(28)8-7-19(17)27/h3-9,22H,10-12H2,1-2H3,(H,23,24,25). The summed E-state index contributed by atoms with van der Waals surface area (Å²) in [6.07, 6.45) is 2.63. The number of nitrogens with zero attached hydrogens (tertiary/aromatic N) is 3. The van der Waals surface area contributed by atoms with Crippen molar-refractivity contribution < 1.29 is 18.0 Å². The van der Waals surface area contributed by atoms with E-state index in [4.69, 9.17) is 0 Å². The average molecular weight is 439 g/mol. The zero-order valence-corrected chi connectivity index (χ0v) is 17.9. The van der Waals surface area contributed by atoms with Gasteiger partial charge in [-0.15, -0.1) is 0 Å². The molecule has 2 aromatic rings. The van der Waals surface area contributed by atoms with Crippen molar-refractivity contribution in [2.75, 3.05) is 29.8 Å². The molecule has 2 heterocycles. The Morgan fingerprint density at radius 2 is 1.48 bits per heavy atom. The summed E-state index contributed by atoms with van der Waals surface area (Å²) in [5.74, 6) is -0.206. The van der Waals surface area contributed by atoms with E-state index in [-0.39, 0.29) is 22.4 Å². The molecule has 10 heteroatoms. The number of sulfonamides is 1. The third kappa shape index (κ3) is 4.54. The molecular formula is C21H21N5O4S. The number of carbonyl (C=O) groups is 2. The minimum absolute atomic E-state index is 0.0313. The molecule has 0 amide bonds. The Morgan fingerprint density at radius 1 is 0.935 bits per heavy atom. The molecule has 0 saturated carbocycles. The molecule has 1 aliphatic heterocycles. The van der Waals surface area contributed by atoms with Gasteiger partial charge in [0.2, 0.25) is 5.95 Å². The van der Waals surface area contributed by atoms with Gasteiger partial charge < -0.3 is 5.32 Å². The summed E-state index contributed by atoms with van der Waals surface area (Å²) in [5.41, 5.74) is 3.15. The van der Waals surface area contributed by atoms with Crippen LogP contribution in [0.3, 0.4) is 0 Å². The monoisotopic (exact) mass is 439 g/mol. The van der Waals surface area contributed by atoms with Crippen LogP contribution in [0.15, 0.2) is 58.5 Å². The quantitative estimate of drug-likeness (QED) is 0.651. The summed E-state index contributed by atoms with van der Waals surface area (Å²) in [6.45, 7) is 4.75. The molecule has 0 fully saturated rings. The van der Waals surface area contributed by atoms with Crippen molar-refractivity contribution >= 4 is 33.2 Å². The molecule has 9 nitrogen and oxygen atoms in total. The normalized spacial score (nSPS) is 16.6. The average Bonchev–Trinajstić information content (AvgIpc) is 3.14. The molecule has 2 N–H and O–H groups in total. The van der Waals surface area contributed by atoms with Crippen molar-refractivity contribution in [2.24, 2.45) is 0 Å². The lowest BCUT2D eigenvalue weighted by molar-refractivity contribution is -0.115.